The summed E-state index contributed by atoms with van der Waals surface area (Å²) in [4.78, 5) is 4.54. The van der Waals surface area contributed by atoms with Gasteiger partial charge in [-0.15, -0.1) is 11.3 Å². The summed E-state index contributed by atoms with van der Waals surface area (Å²) in [5, 5.41) is 27.9. The van der Waals surface area contributed by atoms with E-state index in [-0.39, 0.29) is 12.4 Å². The van der Waals surface area contributed by atoms with E-state index in [4.69, 9.17) is 5.11 Å². The van der Waals surface area contributed by atoms with Crippen LogP contribution in [0.1, 0.15) is 16.0 Å². The molecule has 0 amide bonds. The van der Waals surface area contributed by atoms with Crippen molar-refractivity contribution in [2.75, 3.05) is 5.75 Å². The minimum absolute atomic E-state index is 0.0959. The van der Waals surface area contributed by atoms with Crippen LogP contribution in [-0.2, 0) is 6.61 Å². The van der Waals surface area contributed by atoms with E-state index < -0.39 is 12.2 Å². The summed E-state index contributed by atoms with van der Waals surface area (Å²) in [6.07, 6.45) is -0.446. The number of thiazole rings is 1. The van der Waals surface area contributed by atoms with E-state index >= 15 is 0 Å². The lowest BCUT2D eigenvalue weighted by molar-refractivity contribution is 0.0336. The molecule has 2 unspecified atom stereocenters. The maximum atomic E-state index is 9.47. The quantitative estimate of drug-likeness (QED) is 0.538. The monoisotopic (exact) mass is 221 g/mol. The van der Waals surface area contributed by atoms with Crippen molar-refractivity contribution in [3.63, 3.8) is 0 Å². The highest BCUT2D eigenvalue weighted by molar-refractivity contribution is 7.80. The highest BCUT2D eigenvalue weighted by Crippen LogP contribution is 2.23. The number of thiol groups is 1. The van der Waals surface area contributed by atoms with Gasteiger partial charge in [0.25, 0.3) is 0 Å². The summed E-state index contributed by atoms with van der Waals surface area (Å²) < 4.78 is 0. The van der Waals surface area contributed by atoms with Crippen molar-refractivity contribution >= 4 is 24.0 Å². The number of nitrogens with zero attached hydrogens (tertiary/aromatic N) is 1. The van der Waals surface area contributed by atoms with Crippen molar-refractivity contribution in [1.82, 2.24) is 4.98 Å². The SMILES string of the molecule is OCc1cnc(C(O)C(O)CS)s1. The number of hydrogen-bond acceptors (Lipinski definition) is 6. The third kappa shape index (κ3) is 2.65. The van der Waals surface area contributed by atoms with Crippen LogP contribution in [0, 0.1) is 0 Å². The minimum Gasteiger partial charge on any atom is -0.391 e. The van der Waals surface area contributed by atoms with E-state index in [0.717, 1.165) is 0 Å². The van der Waals surface area contributed by atoms with Crippen LogP contribution in [-0.4, -0.2) is 32.2 Å². The molecule has 1 aromatic rings. The first-order valence-corrected chi connectivity index (χ1v) is 5.16. The smallest absolute Gasteiger partial charge is 0.132 e. The third-order valence-corrected chi connectivity index (χ3v) is 2.96. The third-order valence-electron chi connectivity index (χ3n) is 1.53. The molecule has 0 aromatic carbocycles. The van der Waals surface area contributed by atoms with Gasteiger partial charge in [-0.05, 0) is 0 Å². The van der Waals surface area contributed by atoms with Crippen LogP contribution >= 0.6 is 24.0 Å². The van der Waals surface area contributed by atoms with Crippen molar-refractivity contribution in [2.45, 2.75) is 18.8 Å². The second-order valence-electron chi connectivity index (χ2n) is 2.52. The fraction of sp³-hybridized carbons (Fsp3) is 0.571. The maximum Gasteiger partial charge on any atom is 0.132 e. The van der Waals surface area contributed by atoms with Gasteiger partial charge in [0.15, 0.2) is 0 Å². The molecule has 1 heterocycles. The summed E-state index contributed by atoms with van der Waals surface area (Å²) in [5.74, 6) is 0.176. The molecule has 0 aliphatic heterocycles. The van der Waals surface area contributed by atoms with Gasteiger partial charge in [-0.25, -0.2) is 4.98 Å². The molecule has 0 saturated carbocycles. The lowest BCUT2D eigenvalue weighted by atomic mass is 10.2. The fourth-order valence-corrected chi connectivity index (χ4v) is 1.82. The first-order chi connectivity index (χ1) is 6.19. The van der Waals surface area contributed by atoms with Crippen molar-refractivity contribution < 1.29 is 15.3 Å². The van der Waals surface area contributed by atoms with Crippen LogP contribution in [0.15, 0.2) is 6.20 Å². The lowest BCUT2D eigenvalue weighted by Gasteiger charge is -2.12. The molecule has 3 N–H and O–H groups in total. The minimum atomic E-state index is -1.01. The molecule has 0 fully saturated rings. The molecule has 0 bridgehead atoms. The Labute approximate surface area is 85.3 Å². The normalized spacial score (nSPS) is 15.7. The maximum absolute atomic E-state index is 9.47. The molecule has 0 radical (unpaired) electrons. The molecule has 0 saturated heterocycles. The zero-order chi connectivity index (χ0) is 9.84. The number of aliphatic hydroxyl groups is 3. The predicted octanol–water partition coefficient (Wildman–Crippen LogP) is -0.0405. The second kappa shape index (κ2) is 4.92. The Balaban J connectivity index is 2.70. The van der Waals surface area contributed by atoms with E-state index in [2.05, 4.69) is 17.6 Å². The molecule has 0 aliphatic rings. The Bertz CT molecular complexity index is 266. The van der Waals surface area contributed by atoms with Crippen LogP contribution in [0.5, 0.6) is 0 Å². The molecular formula is C7H11NO3S2. The fourth-order valence-electron chi connectivity index (χ4n) is 0.797. The molecule has 74 valence electrons. The first-order valence-electron chi connectivity index (χ1n) is 3.71. The Morgan fingerprint density at radius 1 is 1.54 bits per heavy atom. The summed E-state index contributed by atoms with van der Waals surface area (Å²) in [5.41, 5.74) is 0. The van der Waals surface area contributed by atoms with Crippen molar-refractivity contribution in [3.8, 4) is 0 Å². The van der Waals surface area contributed by atoms with Gasteiger partial charge < -0.3 is 15.3 Å². The van der Waals surface area contributed by atoms with Crippen molar-refractivity contribution in [2.24, 2.45) is 0 Å². The van der Waals surface area contributed by atoms with Crippen LogP contribution in [0.25, 0.3) is 0 Å². The van der Waals surface area contributed by atoms with Gasteiger partial charge in [-0.3, -0.25) is 0 Å². The van der Waals surface area contributed by atoms with Crippen LogP contribution in [0.2, 0.25) is 0 Å². The highest BCUT2D eigenvalue weighted by atomic mass is 32.1. The summed E-state index contributed by atoms with van der Waals surface area (Å²) in [6, 6.07) is 0. The lowest BCUT2D eigenvalue weighted by Crippen LogP contribution is -2.19. The molecule has 1 aromatic heterocycles. The Morgan fingerprint density at radius 3 is 2.69 bits per heavy atom. The Morgan fingerprint density at radius 2 is 2.23 bits per heavy atom. The predicted molar refractivity (Wildman–Crippen MR) is 52.9 cm³/mol. The van der Waals surface area contributed by atoms with Gasteiger partial charge in [-0.1, -0.05) is 0 Å². The average Bonchev–Trinajstić information content (AvgIpc) is 2.63. The second-order valence-corrected chi connectivity index (χ2v) is 4.03. The van der Waals surface area contributed by atoms with Crippen molar-refractivity contribution in [3.05, 3.63) is 16.1 Å². The van der Waals surface area contributed by atoms with E-state index in [1.807, 2.05) is 0 Å². The Kier molecular flexibility index (Phi) is 4.14. The topological polar surface area (TPSA) is 73.6 Å². The van der Waals surface area contributed by atoms with Gasteiger partial charge in [-0.2, -0.15) is 12.6 Å². The summed E-state index contributed by atoms with van der Waals surface area (Å²) in [6.45, 7) is -0.0959. The van der Waals surface area contributed by atoms with Gasteiger partial charge in [0.05, 0.1) is 17.6 Å². The Hall–Kier alpha value is -0.140. The van der Waals surface area contributed by atoms with Crippen LogP contribution in [0.3, 0.4) is 0 Å². The van der Waals surface area contributed by atoms with E-state index in [1.165, 1.54) is 17.5 Å². The highest BCUT2D eigenvalue weighted by Gasteiger charge is 2.19. The summed E-state index contributed by atoms with van der Waals surface area (Å²) in [7, 11) is 0. The molecule has 1 rings (SSSR count). The molecule has 4 nitrogen and oxygen atoms in total. The zero-order valence-electron chi connectivity index (χ0n) is 6.79. The first kappa shape index (κ1) is 10.9. The largest absolute Gasteiger partial charge is 0.391 e. The van der Waals surface area contributed by atoms with Gasteiger partial charge >= 0.3 is 0 Å². The number of aliphatic hydroxyl groups excluding tert-OH is 3. The molecule has 13 heavy (non-hydrogen) atoms. The van der Waals surface area contributed by atoms with Crippen molar-refractivity contribution in [1.29, 1.82) is 0 Å². The van der Waals surface area contributed by atoms with Gasteiger partial charge in [0.1, 0.15) is 11.1 Å². The van der Waals surface area contributed by atoms with Crippen LogP contribution < -0.4 is 0 Å². The molecular weight excluding hydrogens is 210 g/mol. The van der Waals surface area contributed by atoms with E-state index in [0.29, 0.717) is 9.88 Å². The molecule has 0 aliphatic carbocycles. The number of rotatable bonds is 4. The number of aromatic nitrogens is 1. The molecule has 0 spiro atoms. The summed E-state index contributed by atoms with van der Waals surface area (Å²) >= 11 is 5.03. The zero-order valence-corrected chi connectivity index (χ0v) is 8.50. The standard InChI is InChI=1S/C7H11NO3S2/c9-2-4-1-8-7(13-4)6(11)5(10)3-12/h1,5-6,9-12H,2-3H2. The molecule has 2 atom stereocenters. The molecule has 6 heteroatoms. The average molecular weight is 221 g/mol. The van der Waals surface area contributed by atoms with E-state index in [9.17, 15) is 10.2 Å². The van der Waals surface area contributed by atoms with Gasteiger partial charge in [0, 0.05) is 11.9 Å². The van der Waals surface area contributed by atoms with E-state index in [1.54, 1.807) is 0 Å². The van der Waals surface area contributed by atoms with Crippen LogP contribution in [0.4, 0.5) is 0 Å². The number of hydrogen-bond donors (Lipinski definition) is 4. The van der Waals surface area contributed by atoms with Gasteiger partial charge in [0.2, 0.25) is 0 Å².